The molecule has 1 rings (SSSR count). The van der Waals surface area contributed by atoms with Crippen LogP contribution in [0.25, 0.3) is 5.57 Å². The van der Waals surface area contributed by atoms with Gasteiger partial charge in [-0.3, -0.25) is 0 Å². The minimum absolute atomic E-state index is 0.633. The number of unbranched alkanes of at least 4 members (excludes halogenated alkanes) is 3. The second-order valence-corrected chi connectivity index (χ2v) is 5.31. The van der Waals surface area contributed by atoms with Gasteiger partial charge in [-0.1, -0.05) is 70.9 Å². The lowest BCUT2D eigenvalue weighted by Crippen LogP contribution is -1.97. The molecule has 1 atom stereocenters. The SMILES string of the molecule is C=C(CCCCCC)c1ccccc1C(C)CC. The third-order valence-corrected chi connectivity index (χ3v) is 3.82. The topological polar surface area (TPSA) is 0 Å². The van der Waals surface area contributed by atoms with Gasteiger partial charge in [-0.15, -0.1) is 0 Å². The molecule has 0 aliphatic heterocycles. The van der Waals surface area contributed by atoms with Gasteiger partial charge in [0.1, 0.15) is 0 Å². The molecule has 0 N–H and O–H groups in total. The van der Waals surface area contributed by atoms with Crippen molar-refractivity contribution in [3.05, 3.63) is 42.0 Å². The monoisotopic (exact) mass is 244 g/mol. The smallest absolute Gasteiger partial charge is 0.0187 e. The van der Waals surface area contributed by atoms with Crippen LogP contribution in [0, 0.1) is 0 Å². The van der Waals surface area contributed by atoms with Crippen LogP contribution in [0.5, 0.6) is 0 Å². The van der Waals surface area contributed by atoms with E-state index >= 15 is 0 Å². The molecule has 0 bridgehead atoms. The predicted molar refractivity (Wildman–Crippen MR) is 82.9 cm³/mol. The first-order valence-electron chi connectivity index (χ1n) is 7.47. The number of hydrogen-bond acceptors (Lipinski definition) is 0. The molecule has 0 fully saturated rings. The zero-order valence-electron chi connectivity index (χ0n) is 12.3. The average molecular weight is 244 g/mol. The molecule has 0 aliphatic carbocycles. The summed E-state index contributed by atoms with van der Waals surface area (Å²) in [5.74, 6) is 0.633. The Hall–Kier alpha value is -1.04. The quantitative estimate of drug-likeness (QED) is 0.479. The van der Waals surface area contributed by atoms with Gasteiger partial charge in [-0.25, -0.2) is 0 Å². The van der Waals surface area contributed by atoms with Gasteiger partial charge in [0, 0.05) is 0 Å². The van der Waals surface area contributed by atoms with Crippen molar-refractivity contribution >= 4 is 5.57 Å². The van der Waals surface area contributed by atoms with E-state index in [4.69, 9.17) is 0 Å². The Labute approximate surface area is 113 Å². The molecule has 1 unspecified atom stereocenters. The van der Waals surface area contributed by atoms with Crippen LogP contribution in [0.1, 0.15) is 76.3 Å². The second-order valence-electron chi connectivity index (χ2n) is 5.31. The molecule has 0 heterocycles. The molecule has 18 heavy (non-hydrogen) atoms. The van der Waals surface area contributed by atoms with Gasteiger partial charge >= 0.3 is 0 Å². The molecular weight excluding hydrogens is 216 g/mol. The lowest BCUT2D eigenvalue weighted by atomic mass is 9.89. The molecule has 0 radical (unpaired) electrons. The molecule has 0 nitrogen and oxygen atoms in total. The number of benzene rings is 1. The van der Waals surface area contributed by atoms with Gasteiger partial charge in [0.05, 0.1) is 0 Å². The minimum Gasteiger partial charge on any atom is -0.0952 e. The minimum atomic E-state index is 0.633. The highest BCUT2D eigenvalue weighted by atomic mass is 14.1. The number of allylic oxidation sites excluding steroid dienone is 1. The Morgan fingerprint density at radius 1 is 1.11 bits per heavy atom. The van der Waals surface area contributed by atoms with Crippen molar-refractivity contribution in [1.82, 2.24) is 0 Å². The van der Waals surface area contributed by atoms with Crippen LogP contribution in [0.4, 0.5) is 0 Å². The Morgan fingerprint density at radius 3 is 2.50 bits per heavy atom. The predicted octanol–water partition coefficient (Wildman–Crippen LogP) is 6.18. The molecule has 0 saturated heterocycles. The maximum atomic E-state index is 4.30. The van der Waals surface area contributed by atoms with Crippen LogP contribution < -0.4 is 0 Å². The maximum absolute atomic E-state index is 4.30. The largest absolute Gasteiger partial charge is 0.0952 e. The van der Waals surface area contributed by atoms with E-state index in [-0.39, 0.29) is 0 Å². The molecule has 0 heteroatoms. The lowest BCUT2D eigenvalue weighted by molar-refractivity contribution is 0.677. The van der Waals surface area contributed by atoms with Crippen molar-refractivity contribution in [2.75, 3.05) is 0 Å². The first kappa shape index (κ1) is 15.0. The average Bonchev–Trinajstić information content (AvgIpc) is 2.42. The fourth-order valence-electron chi connectivity index (χ4n) is 2.37. The highest BCUT2D eigenvalue weighted by molar-refractivity contribution is 5.66. The molecular formula is C18H28. The molecule has 0 amide bonds. The van der Waals surface area contributed by atoms with E-state index in [2.05, 4.69) is 51.6 Å². The summed E-state index contributed by atoms with van der Waals surface area (Å²) in [5, 5.41) is 0. The number of hydrogen-bond donors (Lipinski definition) is 0. The van der Waals surface area contributed by atoms with E-state index in [1.165, 1.54) is 48.8 Å². The van der Waals surface area contributed by atoms with Crippen molar-refractivity contribution in [3.63, 3.8) is 0 Å². The summed E-state index contributed by atoms with van der Waals surface area (Å²) in [5.41, 5.74) is 4.19. The summed E-state index contributed by atoms with van der Waals surface area (Å²) >= 11 is 0. The van der Waals surface area contributed by atoms with Crippen LogP contribution in [0.15, 0.2) is 30.8 Å². The number of rotatable bonds is 8. The van der Waals surface area contributed by atoms with E-state index in [1.807, 2.05) is 0 Å². The molecule has 0 aliphatic rings. The summed E-state index contributed by atoms with van der Waals surface area (Å²) < 4.78 is 0. The summed E-state index contributed by atoms with van der Waals surface area (Å²) in [7, 11) is 0. The van der Waals surface area contributed by atoms with Crippen molar-refractivity contribution in [3.8, 4) is 0 Å². The van der Waals surface area contributed by atoms with Crippen LogP contribution in [-0.4, -0.2) is 0 Å². The van der Waals surface area contributed by atoms with Crippen LogP contribution in [-0.2, 0) is 0 Å². The van der Waals surface area contributed by atoms with Gasteiger partial charge in [0.2, 0.25) is 0 Å². The molecule has 0 spiro atoms. The standard InChI is InChI=1S/C18H28/c1-5-7-8-9-12-16(4)18-14-11-10-13-17(18)15(3)6-2/h10-11,13-15H,4-9,12H2,1-3H3. The molecule has 0 aromatic heterocycles. The van der Waals surface area contributed by atoms with Crippen LogP contribution in [0.2, 0.25) is 0 Å². The molecule has 100 valence electrons. The van der Waals surface area contributed by atoms with Crippen LogP contribution in [0.3, 0.4) is 0 Å². The Morgan fingerprint density at radius 2 is 1.83 bits per heavy atom. The summed E-state index contributed by atoms with van der Waals surface area (Å²) in [6.45, 7) is 11.1. The lowest BCUT2D eigenvalue weighted by Gasteiger charge is -2.16. The van der Waals surface area contributed by atoms with Crippen molar-refractivity contribution < 1.29 is 0 Å². The van der Waals surface area contributed by atoms with Gasteiger partial charge in [-0.2, -0.15) is 0 Å². The molecule has 1 aromatic rings. The third kappa shape index (κ3) is 4.33. The zero-order chi connectivity index (χ0) is 13.4. The van der Waals surface area contributed by atoms with Crippen molar-refractivity contribution in [1.29, 1.82) is 0 Å². The van der Waals surface area contributed by atoms with Crippen molar-refractivity contribution in [2.45, 2.75) is 65.2 Å². The fourth-order valence-corrected chi connectivity index (χ4v) is 2.37. The first-order chi connectivity index (χ1) is 8.70. The molecule has 0 saturated carbocycles. The van der Waals surface area contributed by atoms with Gasteiger partial charge in [0.15, 0.2) is 0 Å². The van der Waals surface area contributed by atoms with Gasteiger partial charge in [-0.05, 0) is 41.9 Å². The van der Waals surface area contributed by atoms with E-state index < -0.39 is 0 Å². The van der Waals surface area contributed by atoms with E-state index in [0.717, 1.165) is 6.42 Å². The Bertz CT molecular complexity index is 362. The maximum Gasteiger partial charge on any atom is -0.0187 e. The normalized spacial score (nSPS) is 12.4. The molecule has 1 aromatic carbocycles. The zero-order valence-corrected chi connectivity index (χ0v) is 12.3. The second kappa shape index (κ2) is 8.13. The summed E-state index contributed by atoms with van der Waals surface area (Å²) in [6.07, 6.45) is 7.60. The van der Waals surface area contributed by atoms with Gasteiger partial charge < -0.3 is 0 Å². The van der Waals surface area contributed by atoms with E-state index in [0.29, 0.717) is 5.92 Å². The van der Waals surface area contributed by atoms with E-state index in [1.54, 1.807) is 0 Å². The third-order valence-electron chi connectivity index (χ3n) is 3.82. The van der Waals surface area contributed by atoms with Gasteiger partial charge in [0.25, 0.3) is 0 Å². The highest BCUT2D eigenvalue weighted by Crippen LogP contribution is 2.29. The van der Waals surface area contributed by atoms with Crippen LogP contribution >= 0.6 is 0 Å². The Kier molecular flexibility index (Phi) is 6.78. The van der Waals surface area contributed by atoms with Crippen molar-refractivity contribution in [2.24, 2.45) is 0 Å². The Balaban J connectivity index is 2.67. The summed E-state index contributed by atoms with van der Waals surface area (Å²) in [6, 6.07) is 8.79. The highest BCUT2D eigenvalue weighted by Gasteiger charge is 2.10. The first-order valence-corrected chi connectivity index (χ1v) is 7.47. The van der Waals surface area contributed by atoms with E-state index in [9.17, 15) is 0 Å². The fraction of sp³-hybridized carbons (Fsp3) is 0.556. The summed E-state index contributed by atoms with van der Waals surface area (Å²) in [4.78, 5) is 0.